The van der Waals surface area contributed by atoms with E-state index in [-0.39, 0.29) is 11.7 Å². The van der Waals surface area contributed by atoms with Crippen molar-refractivity contribution in [2.24, 2.45) is 5.73 Å². The SMILES string of the molecule is Cc1cc(Oc2cccc(F)c2)c(C(=N)N)c(C)n1. The van der Waals surface area contributed by atoms with Crippen molar-refractivity contribution in [1.29, 1.82) is 5.41 Å². The van der Waals surface area contributed by atoms with Crippen LogP contribution in [0.25, 0.3) is 0 Å². The van der Waals surface area contributed by atoms with E-state index in [1.54, 1.807) is 25.1 Å². The first kappa shape index (κ1) is 13.0. The first-order valence-electron chi connectivity index (χ1n) is 5.73. The fourth-order valence-corrected chi connectivity index (χ4v) is 1.86. The number of halogens is 1. The van der Waals surface area contributed by atoms with Crippen LogP contribution in [0.1, 0.15) is 17.0 Å². The molecule has 1 aromatic heterocycles. The molecule has 0 atom stereocenters. The number of nitrogens with two attached hydrogens (primary N) is 1. The van der Waals surface area contributed by atoms with E-state index in [1.165, 1.54) is 12.1 Å². The largest absolute Gasteiger partial charge is 0.456 e. The molecule has 0 aliphatic heterocycles. The van der Waals surface area contributed by atoms with E-state index in [1.807, 2.05) is 6.92 Å². The van der Waals surface area contributed by atoms with Crippen molar-refractivity contribution in [1.82, 2.24) is 4.98 Å². The Hall–Kier alpha value is -2.43. The molecular formula is C14H14FN3O. The van der Waals surface area contributed by atoms with E-state index in [0.717, 1.165) is 5.69 Å². The number of nitrogens with zero attached hydrogens (tertiary/aromatic N) is 1. The molecular weight excluding hydrogens is 245 g/mol. The first-order valence-corrected chi connectivity index (χ1v) is 5.73. The molecule has 0 spiro atoms. The van der Waals surface area contributed by atoms with Gasteiger partial charge in [-0.15, -0.1) is 0 Å². The van der Waals surface area contributed by atoms with Crippen LogP contribution in [0.2, 0.25) is 0 Å². The van der Waals surface area contributed by atoms with E-state index < -0.39 is 0 Å². The maximum absolute atomic E-state index is 13.1. The minimum absolute atomic E-state index is 0.128. The van der Waals surface area contributed by atoms with Crippen LogP contribution in [0.5, 0.6) is 11.5 Å². The van der Waals surface area contributed by atoms with Crippen LogP contribution in [-0.2, 0) is 0 Å². The normalized spacial score (nSPS) is 10.3. The van der Waals surface area contributed by atoms with Gasteiger partial charge in [0.2, 0.25) is 0 Å². The quantitative estimate of drug-likeness (QED) is 0.657. The number of hydrogen-bond donors (Lipinski definition) is 2. The van der Waals surface area contributed by atoms with Crippen LogP contribution in [0.4, 0.5) is 4.39 Å². The molecule has 98 valence electrons. The minimum Gasteiger partial charge on any atom is -0.456 e. The van der Waals surface area contributed by atoms with E-state index in [4.69, 9.17) is 15.9 Å². The molecule has 3 N–H and O–H groups in total. The molecule has 0 amide bonds. The second-order valence-electron chi connectivity index (χ2n) is 4.20. The molecule has 0 bridgehead atoms. The zero-order valence-electron chi connectivity index (χ0n) is 10.7. The number of nitrogens with one attached hydrogen (secondary N) is 1. The summed E-state index contributed by atoms with van der Waals surface area (Å²) >= 11 is 0. The highest BCUT2D eigenvalue weighted by Gasteiger charge is 2.13. The summed E-state index contributed by atoms with van der Waals surface area (Å²) in [4.78, 5) is 4.24. The van der Waals surface area contributed by atoms with Gasteiger partial charge in [0.15, 0.2) is 0 Å². The molecule has 4 nitrogen and oxygen atoms in total. The number of aryl methyl sites for hydroxylation is 2. The number of aromatic nitrogens is 1. The number of amidine groups is 1. The van der Waals surface area contributed by atoms with Gasteiger partial charge in [-0.1, -0.05) is 6.07 Å². The predicted molar refractivity (Wildman–Crippen MR) is 71.2 cm³/mol. The lowest BCUT2D eigenvalue weighted by atomic mass is 10.1. The fourth-order valence-electron chi connectivity index (χ4n) is 1.86. The molecule has 0 saturated heterocycles. The number of ether oxygens (including phenoxy) is 1. The lowest BCUT2D eigenvalue weighted by Gasteiger charge is -2.13. The number of pyridine rings is 1. The van der Waals surface area contributed by atoms with E-state index in [9.17, 15) is 4.39 Å². The molecule has 1 aromatic carbocycles. The Labute approximate surface area is 110 Å². The molecule has 0 saturated carbocycles. The molecule has 5 heteroatoms. The number of hydrogen-bond acceptors (Lipinski definition) is 3. The Morgan fingerprint density at radius 3 is 2.68 bits per heavy atom. The summed E-state index contributed by atoms with van der Waals surface area (Å²) < 4.78 is 18.7. The Morgan fingerprint density at radius 2 is 2.05 bits per heavy atom. The van der Waals surface area contributed by atoms with Gasteiger partial charge in [-0.3, -0.25) is 10.4 Å². The van der Waals surface area contributed by atoms with Crippen molar-refractivity contribution in [2.45, 2.75) is 13.8 Å². The Morgan fingerprint density at radius 1 is 1.32 bits per heavy atom. The van der Waals surface area contributed by atoms with Crippen LogP contribution in [0.3, 0.4) is 0 Å². The topological polar surface area (TPSA) is 72.0 Å². The van der Waals surface area contributed by atoms with Gasteiger partial charge in [0.25, 0.3) is 0 Å². The summed E-state index contributed by atoms with van der Waals surface area (Å²) in [6, 6.07) is 7.47. The zero-order chi connectivity index (χ0) is 14.0. The van der Waals surface area contributed by atoms with Crippen molar-refractivity contribution in [2.75, 3.05) is 0 Å². The van der Waals surface area contributed by atoms with Gasteiger partial charge in [-0.05, 0) is 26.0 Å². The standard InChI is InChI=1S/C14H14FN3O/c1-8-6-12(13(14(16)17)9(2)18-8)19-11-5-3-4-10(15)7-11/h3-7H,1-2H3,(H3,16,17). The van der Waals surface area contributed by atoms with Crippen LogP contribution >= 0.6 is 0 Å². The van der Waals surface area contributed by atoms with Gasteiger partial charge >= 0.3 is 0 Å². The third kappa shape index (κ3) is 2.88. The van der Waals surface area contributed by atoms with Gasteiger partial charge in [-0.25, -0.2) is 4.39 Å². The molecule has 0 fully saturated rings. The van der Waals surface area contributed by atoms with Gasteiger partial charge < -0.3 is 10.5 Å². The summed E-state index contributed by atoms with van der Waals surface area (Å²) in [5.74, 6) is 0.247. The molecule has 0 radical (unpaired) electrons. The summed E-state index contributed by atoms with van der Waals surface area (Å²) in [7, 11) is 0. The molecule has 2 aromatic rings. The van der Waals surface area contributed by atoms with Gasteiger partial charge in [0, 0.05) is 17.8 Å². The van der Waals surface area contributed by atoms with E-state index in [2.05, 4.69) is 4.98 Å². The third-order valence-electron chi connectivity index (χ3n) is 2.59. The van der Waals surface area contributed by atoms with Gasteiger partial charge in [0.05, 0.1) is 11.3 Å². The third-order valence-corrected chi connectivity index (χ3v) is 2.59. The van der Waals surface area contributed by atoms with Crippen LogP contribution in [-0.4, -0.2) is 10.8 Å². The van der Waals surface area contributed by atoms with Crippen molar-refractivity contribution >= 4 is 5.84 Å². The maximum Gasteiger partial charge on any atom is 0.141 e. The van der Waals surface area contributed by atoms with E-state index >= 15 is 0 Å². The Bertz CT molecular complexity index is 641. The van der Waals surface area contributed by atoms with Gasteiger partial charge in [0.1, 0.15) is 23.2 Å². The van der Waals surface area contributed by atoms with Crippen LogP contribution < -0.4 is 10.5 Å². The highest BCUT2D eigenvalue weighted by atomic mass is 19.1. The fraction of sp³-hybridized carbons (Fsp3) is 0.143. The summed E-state index contributed by atoms with van der Waals surface area (Å²) in [6.07, 6.45) is 0. The average Bonchev–Trinajstić information content (AvgIpc) is 2.26. The highest BCUT2D eigenvalue weighted by Crippen LogP contribution is 2.27. The molecule has 0 aliphatic carbocycles. The highest BCUT2D eigenvalue weighted by molar-refractivity contribution is 5.98. The smallest absolute Gasteiger partial charge is 0.141 e. The van der Waals surface area contributed by atoms with E-state index in [0.29, 0.717) is 22.8 Å². The molecule has 1 heterocycles. The number of nitrogen functional groups attached to an aromatic ring is 1. The first-order chi connectivity index (χ1) is 8.97. The second kappa shape index (κ2) is 5.06. The maximum atomic E-state index is 13.1. The van der Waals surface area contributed by atoms with Crippen LogP contribution in [0.15, 0.2) is 30.3 Å². The lowest BCUT2D eigenvalue weighted by molar-refractivity contribution is 0.474. The average molecular weight is 259 g/mol. The lowest BCUT2D eigenvalue weighted by Crippen LogP contribution is -2.15. The van der Waals surface area contributed by atoms with Gasteiger partial charge in [-0.2, -0.15) is 0 Å². The second-order valence-corrected chi connectivity index (χ2v) is 4.20. The van der Waals surface area contributed by atoms with Crippen molar-refractivity contribution in [3.8, 4) is 11.5 Å². The summed E-state index contributed by atoms with van der Waals surface area (Å²) in [5, 5.41) is 7.58. The minimum atomic E-state index is -0.385. The van der Waals surface area contributed by atoms with Crippen molar-refractivity contribution in [3.63, 3.8) is 0 Å². The summed E-state index contributed by atoms with van der Waals surface area (Å²) in [5.41, 5.74) is 7.32. The predicted octanol–water partition coefficient (Wildman–Crippen LogP) is 2.91. The van der Waals surface area contributed by atoms with Crippen molar-refractivity contribution < 1.29 is 9.13 Å². The van der Waals surface area contributed by atoms with Crippen molar-refractivity contribution in [3.05, 3.63) is 53.1 Å². The molecule has 2 rings (SSSR count). The molecule has 0 unspecified atom stereocenters. The summed E-state index contributed by atoms with van der Waals surface area (Å²) in [6.45, 7) is 3.57. The molecule has 0 aliphatic rings. The molecule has 19 heavy (non-hydrogen) atoms. The number of benzene rings is 1. The van der Waals surface area contributed by atoms with Crippen LogP contribution in [0, 0.1) is 25.1 Å². The monoisotopic (exact) mass is 259 g/mol. The Kier molecular flexibility index (Phi) is 3.46. The Balaban J connectivity index is 2.47. The zero-order valence-corrected chi connectivity index (χ0v) is 10.7. The number of rotatable bonds is 3.